The van der Waals surface area contributed by atoms with Crippen LogP contribution in [0.3, 0.4) is 0 Å². The zero-order valence-corrected chi connectivity index (χ0v) is 42.6. The van der Waals surface area contributed by atoms with E-state index in [1.54, 1.807) is 27.0 Å². The van der Waals surface area contributed by atoms with E-state index in [9.17, 15) is 14.4 Å². The van der Waals surface area contributed by atoms with Crippen molar-refractivity contribution in [2.75, 3.05) is 27.8 Å². The van der Waals surface area contributed by atoms with Gasteiger partial charge in [-0.05, 0) is 101 Å². The minimum absolute atomic E-state index is 0.158. The summed E-state index contributed by atoms with van der Waals surface area (Å²) in [5.74, 6) is -2.47. The lowest BCUT2D eigenvalue weighted by Gasteiger charge is -2.50. The van der Waals surface area contributed by atoms with Crippen LogP contribution in [0, 0.1) is 17.8 Å². The van der Waals surface area contributed by atoms with Crippen molar-refractivity contribution in [3.63, 3.8) is 0 Å². The van der Waals surface area contributed by atoms with Crippen LogP contribution in [0.15, 0.2) is 24.0 Å². The molecule has 3 saturated heterocycles. The Kier molecular flexibility index (Phi) is 17.8. The Hall–Kier alpha value is -2.41. The van der Waals surface area contributed by atoms with Gasteiger partial charge in [0, 0.05) is 45.6 Å². The molecule has 16 heteroatoms. The van der Waals surface area contributed by atoms with Crippen molar-refractivity contribution in [1.82, 2.24) is 4.90 Å². The highest BCUT2D eigenvalue weighted by Crippen LogP contribution is 2.49. The molecule has 3 fully saturated rings. The first-order valence-electron chi connectivity index (χ1n) is 22.8. The summed E-state index contributed by atoms with van der Waals surface area (Å²) < 4.78 is 72.7. The zero-order chi connectivity index (χ0) is 47.6. The number of carbonyl (C=O) groups excluding carboxylic acids is 3. The lowest BCUT2D eigenvalue weighted by atomic mass is 9.77. The number of esters is 3. The van der Waals surface area contributed by atoms with E-state index in [4.69, 9.17) is 51.8 Å². The SMILES string of the molecule is C=CCO[C@]1(C)C/C(C)=C2\OC(C)([C@@H](CC)OC(=O)[C@H](C)[C@@H](OC3C[C@@](C)(OC)[C@@H](OC(C)=O)[C@H](C)O3)[C@H](C)[C@H]1O[C@@H]1O[C@H](C)C[C@H](N(C)C)[C@H]1OC(C)=O)[C@@H](O[Si](C)(C)C)[C@H]2C. The van der Waals surface area contributed by atoms with Crippen LogP contribution < -0.4 is 0 Å². The maximum atomic E-state index is 14.9. The minimum atomic E-state index is -2.18. The standard InChI is InChI=1S/C47H81NO14Si/c1-20-22-53-46(12)24-26(3)37-28(5)41(62-63(17,18)19)47(13,61-37)35(21-2)58-43(51)30(7)38(59-36-25-45(11,52-16)42(31(8)55-36)57-33(10)50)29(6)40(46)60-44-39(56-32(9)49)34(48(14)15)23-27(4)54-44/h20,27-31,34-36,38-42,44H,1,21-25H2,2-19H3/b37-26-/t27-,28+,29+,30-,31+,34+,35-,36?,38+,39-,40-,41+,42+,44+,45-,46-,47?/m1/s1. The Morgan fingerprint density at radius 1 is 0.905 bits per heavy atom. The smallest absolute Gasteiger partial charge is 0.311 e. The highest BCUT2D eigenvalue weighted by molar-refractivity contribution is 6.69. The van der Waals surface area contributed by atoms with Crippen LogP contribution in [0.4, 0.5) is 0 Å². The van der Waals surface area contributed by atoms with Crippen molar-refractivity contribution in [2.24, 2.45) is 17.8 Å². The third kappa shape index (κ3) is 12.1. The second kappa shape index (κ2) is 21.0. The summed E-state index contributed by atoms with van der Waals surface area (Å²) in [4.78, 5) is 41.9. The maximum absolute atomic E-state index is 14.9. The van der Waals surface area contributed by atoms with Gasteiger partial charge in [0.15, 0.2) is 38.7 Å². The molecule has 2 unspecified atom stereocenters. The summed E-state index contributed by atoms with van der Waals surface area (Å²) >= 11 is 0. The molecule has 15 nitrogen and oxygen atoms in total. The monoisotopic (exact) mass is 912 g/mol. The number of likely N-dealkylation sites (N-methyl/N-ethyl adjacent to an activating group) is 1. The second-order valence-electron chi connectivity index (χ2n) is 20.3. The van der Waals surface area contributed by atoms with E-state index < -0.39 is 110 Å². The van der Waals surface area contributed by atoms with E-state index in [1.165, 1.54) is 13.8 Å². The highest BCUT2D eigenvalue weighted by Gasteiger charge is 2.59. The molecule has 362 valence electrons. The molecule has 4 rings (SSSR count). The van der Waals surface area contributed by atoms with E-state index in [-0.39, 0.29) is 31.1 Å². The quantitative estimate of drug-likeness (QED) is 0.0752. The zero-order valence-electron chi connectivity index (χ0n) is 41.6. The first-order valence-corrected chi connectivity index (χ1v) is 26.3. The predicted octanol–water partition coefficient (Wildman–Crippen LogP) is 7.10. The van der Waals surface area contributed by atoms with Gasteiger partial charge in [-0.25, -0.2) is 0 Å². The first kappa shape index (κ1) is 53.2. The largest absolute Gasteiger partial charge is 0.485 e. The van der Waals surface area contributed by atoms with Gasteiger partial charge in [-0.2, -0.15) is 0 Å². The Labute approximate surface area is 378 Å². The molecule has 0 radical (unpaired) electrons. The number of fused-ring (bicyclic) bond motifs is 2. The minimum Gasteiger partial charge on any atom is -0.485 e. The normalized spacial score (nSPS) is 42.9. The van der Waals surface area contributed by atoms with Crippen LogP contribution in [-0.4, -0.2) is 143 Å². The number of methoxy groups -OCH3 is 1. The van der Waals surface area contributed by atoms with Crippen LogP contribution in [0.5, 0.6) is 0 Å². The van der Waals surface area contributed by atoms with Gasteiger partial charge in [-0.15, -0.1) is 6.58 Å². The molecule has 0 amide bonds. The fraction of sp³-hybridized carbons (Fsp3) is 0.851. The number of rotatable bonds is 14. The molecule has 0 aromatic carbocycles. The number of cyclic esters (lactones) is 1. The average Bonchev–Trinajstić information content (AvgIpc) is 3.43. The fourth-order valence-electron chi connectivity index (χ4n) is 10.4. The van der Waals surface area contributed by atoms with Gasteiger partial charge in [0.25, 0.3) is 0 Å². The van der Waals surface area contributed by atoms with Gasteiger partial charge in [0.2, 0.25) is 0 Å². The van der Waals surface area contributed by atoms with Crippen molar-refractivity contribution in [2.45, 2.75) is 213 Å². The molecule has 2 bridgehead atoms. The maximum Gasteiger partial charge on any atom is 0.311 e. The molecular formula is C47H81NO14Si. The summed E-state index contributed by atoms with van der Waals surface area (Å²) in [6.45, 7) is 32.7. The number of carbonyl (C=O) groups is 3. The lowest BCUT2D eigenvalue weighted by Crippen LogP contribution is -2.61. The predicted molar refractivity (Wildman–Crippen MR) is 239 cm³/mol. The second-order valence-corrected chi connectivity index (χ2v) is 24.7. The van der Waals surface area contributed by atoms with E-state index in [0.717, 1.165) is 11.3 Å². The van der Waals surface area contributed by atoms with Crippen molar-refractivity contribution in [3.8, 4) is 0 Å². The van der Waals surface area contributed by atoms with Gasteiger partial charge in [0.1, 0.15) is 17.5 Å². The molecule has 0 aliphatic carbocycles. The molecule has 0 saturated carbocycles. The molecule has 0 spiro atoms. The molecule has 0 N–H and O–H groups in total. The third-order valence-electron chi connectivity index (χ3n) is 13.4. The Morgan fingerprint density at radius 3 is 2.08 bits per heavy atom. The van der Waals surface area contributed by atoms with Gasteiger partial charge in [-0.3, -0.25) is 14.4 Å². The Balaban J connectivity index is 1.99. The van der Waals surface area contributed by atoms with Crippen molar-refractivity contribution in [1.29, 1.82) is 0 Å². The summed E-state index contributed by atoms with van der Waals surface area (Å²) in [7, 11) is 3.26. The van der Waals surface area contributed by atoms with E-state index in [0.29, 0.717) is 19.3 Å². The van der Waals surface area contributed by atoms with Crippen molar-refractivity contribution >= 4 is 26.2 Å². The fourth-order valence-corrected chi connectivity index (χ4v) is 11.6. The van der Waals surface area contributed by atoms with E-state index >= 15 is 0 Å². The first-order chi connectivity index (χ1) is 29.1. The molecule has 4 aliphatic rings. The van der Waals surface area contributed by atoms with Crippen LogP contribution in [0.2, 0.25) is 19.6 Å². The van der Waals surface area contributed by atoms with Crippen molar-refractivity contribution in [3.05, 3.63) is 24.0 Å². The van der Waals surface area contributed by atoms with E-state index in [2.05, 4.69) is 33.1 Å². The molecule has 4 aliphatic heterocycles. The molecule has 17 atom stereocenters. The molecule has 0 aromatic rings. The lowest BCUT2D eigenvalue weighted by molar-refractivity contribution is -0.320. The number of ether oxygens (including phenoxy) is 10. The number of hydrogen-bond donors (Lipinski definition) is 0. The van der Waals surface area contributed by atoms with Gasteiger partial charge in [0.05, 0.1) is 54.7 Å². The Bertz CT molecular complexity index is 1640. The highest BCUT2D eigenvalue weighted by atomic mass is 28.4. The summed E-state index contributed by atoms with van der Waals surface area (Å²) in [5, 5.41) is 0. The summed E-state index contributed by atoms with van der Waals surface area (Å²) in [6.07, 6.45) is -4.18. The average molecular weight is 912 g/mol. The van der Waals surface area contributed by atoms with Crippen molar-refractivity contribution < 1.29 is 66.2 Å². The van der Waals surface area contributed by atoms with Gasteiger partial charge in [-0.1, -0.05) is 26.8 Å². The summed E-state index contributed by atoms with van der Waals surface area (Å²) in [6, 6.07) is -0.244. The molecule has 4 heterocycles. The van der Waals surface area contributed by atoms with Crippen LogP contribution in [0.25, 0.3) is 0 Å². The third-order valence-corrected chi connectivity index (χ3v) is 14.4. The van der Waals surface area contributed by atoms with Crippen LogP contribution in [0.1, 0.15) is 109 Å². The molecule has 63 heavy (non-hydrogen) atoms. The molecular weight excluding hydrogens is 831 g/mol. The van der Waals surface area contributed by atoms with Crippen LogP contribution >= 0.6 is 0 Å². The van der Waals surface area contributed by atoms with Crippen LogP contribution in [-0.2, 0) is 66.2 Å². The Morgan fingerprint density at radius 2 is 1.54 bits per heavy atom. The number of hydrogen-bond acceptors (Lipinski definition) is 15. The topological polar surface area (TPSA) is 156 Å². The molecule has 0 aromatic heterocycles. The summed E-state index contributed by atoms with van der Waals surface area (Å²) in [5.41, 5.74) is -2.31. The van der Waals surface area contributed by atoms with E-state index in [1.807, 2.05) is 67.5 Å². The van der Waals surface area contributed by atoms with Gasteiger partial charge < -0.3 is 56.7 Å². The number of nitrogens with zero attached hydrogens (tertiary/aromatic N) is 1. The van der Waals surface area contributed by atoms with Gasteiger partial charge >= 0.3 is 17.9 Å².